The summed E-state index contributed by atoms with van der Waals surface area (Å²) in [5, 5.41) is 3.17. The lowest BCUT2D eigenvalue weighted by Gasteiger charge is -2.01. The number of alkyl halides is 2. The van der Waals surface area contributed by atoms with Gasteiger partial charge in [-0.1, -0.05) is 31.9 Å². The van der Waals surface area contributed by atoms with Crippen LogP contribution in [0.25, 0.3) is 21.9 Å². The second-order valence-electron chi connectivity index (χ2n) is 5.53. The molecule has 0 atom stereocenters. The van der Waals surface area contributed by atoms with Gasteiger partial charge in [-0.25, -0.2) is 0 Å². The first-order valence-electron chi connectivity index (χ1n) is 7.39. The molecule has 0 radical (unpaired) electrons. The van der Waals surface area contributed by atoms with E-state index in [1.807, 2.05) is 36.4 Å². The van der Waals surface area contributed by atoms with Gasteiger partial charge in [0.25, 0.3) is 0 Å². The van der Waals surface area contributed by atoms with Crippen molar-refractivity contribution in [2.24, 2.45) is 0 Å². The maximum absolute atomic E-state index is 12.8. The van der Waals surface area contributed by atoms with E-state index in [0.29, 0.717) is 21.8 Å². The second-order valence-corrected chi connectivity index (χ2v) is 6.65. The molecule has 5 heteroatoms. The van der Waals surface area contributed by atoms with E-state index in [2.05, 4.69) is 31.9 Å². The Hall–Kier alpha value is -1.85. The van der Waals surface area contributed by atoms with Crippen LogP contribution in [0.3, 0.4) is 0 Å². The van der Waals surface area contributed by atoms with Crippen molar-refractivity contribution in [2.75, 3.05) is 0 Å². The molecular formula is C19H12Br2O3. The maximum Gasteiger partial charge on any atom is 0.193 e. The molecule has 2 aromatic carbocycles. The van der Waals surface area contributed by atoms with Crippen LogP contribution in [0.4, 0.5) is 0 Å². The minimum atomic E-state index is -0.0121. The summed E-state index contributed by atoms with van der Waals surface area (Å²) in [6.45, 7) is 0. The Morgan fingerprint density at radius 3 is 1.62 bits per heavy atom. The molecule has 0 aliphatic heterocycles. The van der Waals surface area contributed by atoms with Crippen molar-refractivity contribution >= 4 is 59.6 Å². The zero-order valence-electron chi connectivity index (χ0n) is 12.5. The van der Waals surface area contributed by atoms with Gasteiger partial charge in [0.05, 0.1) is 10.7 Å². The van der Waals surface area contributed by atoms with E-state index >= 15 is 0 Å². The molecule has 0 saturated heterocycles. The van der Waals surface area contributed by atoms with E-state index in [-0.39, 0.29) is 5.78 Å². The lowest BCUT2D eigenvalue weighted by atomic mass is 10.0. The number of benzene rings is 2. The first-order valence-corrected chi connectivity index (χ1v) is 9.64. The van der Waals surface area contributed by atoms with Crippen LogP contribution < -0.4 is 0 Å². The highest BCUT2D eigenvalue weighted by Gasteiger charge is 2.13. The first kappa shape index (κ1) is 15.7. The van der Waals surface area contributed by atoms with Crippen molar-refractivity contribution in [3.05, 3.63) is 71.2 Å². The van der Waals surface area contributed by atoms with Crippen LogP contribution in [0.15, 0.2) is 57.4 Å². The number of carbonyl (C=O) groups excluding carboxylic acids is 1. The van der Waals surface area contributed by atoms with Crippen molar-refractivity contribution in [3.63, 3.8) is 0 Å². The highest BCUT2D eigenvalue weighted by molar-refractivity contribution is 9.08. The Morgan fingerprint density at radius 1 is 0.750 bits per heavy atom. The standard InChI is InChI=1S/C19H12Br2O3/c20-9-15-7-13-5-11(1-3-17(13)23-15)19(22)12-2-4-18-14(6-12)8-16(10-21)24-18/h1-8H,9-10H2. The molecule has 4 aromatic rings. The second kappa shape index (κ2) is 6.22. The van der Waals surface area contributed by atoms with Crippen molar-refractivity contribution in [1.29, 1.82) is 0 Å². The van der Waals surface area contributed by atoms with Crippen LogP contribution in [0.1, 0.15) is 27.4 Å². The summed E-state index contributed by atoms with van der Waals surface area (Å²) in [5.74, 6) is 1.68. The summed E-state index contributed by atoms with van der Waals surface area (Å²) in [4.78, 5) is 12.8. The van der Waals surface area contributed by atoms with Crippen molar-refractivity contribution in [1.82, 2.24) is 0 Å². The normalized spacial score (nSPS) is 11.4. The van der Waals surface area contributed by atoms with Crippen LogP contribution in [0, 0.1) is 0 Å². The van der Waals surface area contributed by atoms with Gasteiger partial charge < -0.3 is 8.83 Å². The van der Waals surface area contributed by atoms with Crippen LogP contribution in [-0.4, -0.2) is 5.78 Å². The van der Waals surface area contributed by atoms with Gasteiger partial charge in [0.1, 0.15) is 22.7 Å². The van der Waals surface area contributed by atoms with Gasteiger partial charge in [-0.3, -0.25) is 4.79 Å². The predicted molar refractivity (Wildman–Crippen MR) is 101 cm³/mol. The zero-order valence-corrected chi connectivity index (χ0v) is 15.7. The fourth-order valence-corrected chi connectivity index (χ4v) is 3.33. The molecule has 0 N–H and O–H groups in total. The fraction of sp³-hybridized carbons (Fsp3) is 0.105. The number of carbonyl (C=O) groups is 1. The van der Waals surface area contributed by atoms with Gasteiger partial charge >= 0.3 is 0 Å². The molecule has 0 fully saturated rings. The summed E-state index contributed by atoms with van der Waals surface area (Å²) in [7, 11) is 0. The molecule has 0 amide bonds. The zero-order chi connectivity index (χ0) is 16.7. The van der Waals surface area contributed by atoms with E-state index < -0.39 is 0 Å². The Morgan fingerprint density at radius 2 is 1.21 bits per heavy atom. The molecular weight excluding hydrogens is 436 g/mol. The number of fused-ring (bicyclic) bond motifs is 2. The number of ketones is 1. The number of hydrogen-bond acceptors (Lipinski definition) is 3. The maximum atomic E-state index is 12.8. The first-order chi connectivity index (χ1) is 11.7. The lowest BCUT2D eigenvalue weighted by Crippen LogP contribution is -2.00. The van der Waals surface area contributed by atoms with Gasteiger partial charge in [0.2, 0.25) is 0 Å². The van der Waals surface area contributed by atoms with E-state index in [1.165, 1.54) is 0 Å². The van der Waals surface area contributed by atoms with Gasteiger partial charge in [-0.15, -0.1) is 0 Å². The third-order valence-corrected chi connectivity index (χ3v) is 5.03. The van der Waals surface area contributed by atoms with Gasteiger partial charge in [-0.05, 0) is 48.5 Å². The molecule has 120 valence electrons. The third kappa shape index (κ3) is 2.72. The highest BCUT2D eigenvalue weighted by Crippen LogP contribution is 2.26. The molecule has 0 spiro atoms. The molecule has 2 aromatic heterocycles. The van der Waals surface area contributed by atoms with Crippen molar-refractivity contribution < 1.29 is 13.6 Å². The number of halogens is 2. The average molecular weight is 448 g/mol. The van der Waals surface area contributed by atoms with Crippen LogP contribution in [0.2, 0.25) is 0 Å². The Kier molecular flexibility index (Phi) is 4.06. The minimum Gasteiger partial charge on any atom is -0.460 e. The Labute approximate surface area is 154 Å². The minimum absolute atomic E-state index is 0.0121. The summed E-state index contributed by atoms with van der Waals surface area (Å²) in [6, 6.07) is 14.9. The summed E-state index contributed by atoms with van der Waals surface area (Å²) in [6.07, 6.45) is 0. The quantitative estimate of drug-likeness (QED) is 0.276. The van der Waals surface area contributed by atoms with E-state index in [9.17, 15) is 4.79 Å². The molecule has 0 unspecified atom stereocenters. The monoisotopic (exact) mass is 446 g/mol. The van der Waals surface area contributed by atoms with Crippen LogP contribution in [-0.2, 0) is 10.7 Å². The molecule has 0 bridgehead atoms. The molecule has 3 nitrogen and oxygen atoms in total. The van der Waals surface area contributed by atoms with Gasteiger partial charge in [0, 0.05) is 21.9 Å². The summed E-state index contributed by atoms with van der Waals surface area (Å²) in [5.41, 5.74) is 2.86. The predicted octanol–water partition coefficient (Wildman–Crippen LogP) is 6.20. The van der Waals surface area contributed by atoms with Crippen LogP contribution >= 0.6 is 31.9 Å². The summed E-state index contributed by atoms with van der Waals surface area (Å²) >= 11 is 6.76. The van der Waals surface area contributed by atoms with Gasteiger partial charge in [-0.2, -0.15) is 0 Å². The van der Waals surface area contributed by atoms with Crippen molar-refractivity contribution in [2.45, 2.75) is 10.7 Å². The molecule has 0 saturated carbocycles. The van der Waals surface area contributed by atoms with Gasteiger partial charge in [0.15, 0.2) is 5.78 Å². The van der Waals surface area contributed by atoms with E-state index in [1.54, 1.807) is 12.1 Å². The van der Waals surface area contributed by atoms with Crippen LogP contribution in [0.5, 0.6) is 0 Å². The Bertz CT molecular complexity index is 975. The SMILES string of the molecule is O=C(c1ccc2oc(CBr)cc2c1)c1ccc2oc(CBr)cc2c1. The molecule has 0 aliphatic carbocycles. The Balaban J connectivity index is 1.74. The third-order valence-electron chi connectivity index (χ3n) is 3.92. The largest absolute Gasteiger partial charge is 0.460 e. The molecule has 4 rings (SSSR count). The number of rotatable bonds is 4. The number of hydrogen-bond donors (Lipinski definition) is 0. The molecule has 2 heterocycles. The van der Waals surface area contributed by atoms with E-state index in [4.69, 9.17) is 8.83 Å². The topological polar surface area (TPSA) is 43.4 Å². The van der Waals surface area contributed by atoms with E-state index in [0.717, 1.165) is 33.5 Å². The summed E-state index contributed by atoms with van der Waals surface area (Å²) < 4.78 is 11.3. The fourth-order valence-electron chi connectivity index (χ4n) is 2.78. The molecule has 24 heavy (non-hydrogen) atoms. The molecule has 0 aliphatic rings. The number of furan rings is 2. The average Bonchev–Trinajstić information content (AvgIpc) is 3.22. The highest BCUT2D eigenvalue weighted by atomic mass is 79.9. The lowest BCUT2D eigenvalue weighted by molar-refractivity contribution is 0.103. The smallest absolute Gasteiger partial charge is 0.193 e. The van der Waals surface area contributed by atoms with Crippen molar-refractivity contribution in [3.8, 4) is 0 Å².